The lowest BCUT2D eigenvalue weighted by atomic mass is 10.1. The third-order valence-electron chi connectivity index (χ3n) is 5.08. The molecule has 1 aromatic carbocycles. The average Bonchev–Trinajstić information content (AvgIpc) is 2.74. The molecule has 29 heavy (non-hydrogen) atoms. The van der Waals surface area contributed by atoms with Gasteiger partial charge in [0.15, 0.2) is 0 Å². The number of nitro groups is 1. The van der Waals surface area contributed by atoms with Crippen LogP contribution in [0, 0.1) is 10.1 Å². The maximum absolute atomic E-state index is 11.0. The zero-order valence-corrected chi connectivity index (χ0v) is 16.4. The molecule has 4 rings (SSSR count). The monoisotopic (exact) mass is 389 g/mol. The van der Waals surface area contributed by atoms with Crippen molar-refractivity contribution in [2.75, 3.05) is 6.54 Å². The number of non-ortho nitro benzene ring substituents is 1. The molecule has 3 heterocycles. The smallest absolute Gasteiger partial charge is 0.270 e. The molecule has 0 fully saturated rings. The molecule has 3 aromatic rings. The van der Waals surface area contributed by atoms with E-state index in [1.807, 2.05) is 30.5 Å². The Morgan fingerprint density at radius 2 is 2.03 bits per heavy atom. The Kier molecular flexibility index (Phi) is 5.57. The normalized spacial score (nSPS) is 13.8. The molecular formula is C22H23N5O2. The Bertz CT molecular complexity index is 1040. The molecule has 0 radical (unpaired) electrons. The fourth-order valence-corrected chi connectivity index (χ4v) is 3.63. The maximum atomic E-state index is 11.0. The number of rotatable bonds is 6. The first-order valence-corrected chi connectivity index (χ1v) is 9.89. The van der Waals surface area contributed by atoms with Gasteiger partial charge in [0.05, 0.1) is 16.3 Å². The number of hydrogen-bond donors (Lipinski definition) is 0. The fourth-order valence-electron chi connectivity index (χ4n) is 3.63. The largest absolute Gasteiger partial charge is 0.293 e. The van der Waals surface area contributed by atoms with E-state index in [-0.39, 0.29) is 10.6 Å². The van der Waals surface area contributed by atoms with Crippen molar-refractivity contribution in [3.63, 3.8) is 0 Å². The van der Waals surface area contributed by atoms with Crippen molar-refractivity contribution in [2.45, 2.75) is 39.3 Å². The zero-order chi connectivity index (χ0) is 20.2. The molecule has 148 valence electrons. The van der Waals surface area contributed by atoms with Crippen LogP contribution < -0.4 is 0 Å². The van der Waals surface area contributed by atoms with Gasteiger partial charge in [0.1, 0.15) is 5.82 Å². The summed E-state index contributed by atoms with van der Waals surface area (Å²) in [5, 5.41) is 11.0. The van der Waals surface area contributed by atoms with Crippen molar-refractivity contribution in [1.82, 2.24) is 19.9 Å². The maximum Gasteiger partial charge on any atom is 0.270 e. The lowest BCUT2D eigenvalue weighted by Crippen LogP contribution is -2.31. The molecule has 1 aliphatic rings. The van der Waals surface area contributed by atoms with Crippen LogP contribution in [0.4, 0.5) is 5.69 Å². The van der Waals surface area contributed by atoms with Crippen LogP contribution in [0.3, 0.4) is 0 Å². The molecule has 0 unspecified atom stereocenters. The van der Waals surface area contributed by atoms with Crippen molar-refractivity contribution < 1.29 is 4.92 Å². The van der Waals surface area contributed by atoms with Gasteiger partial charge in [-0.15, -0.1) is 0 Å². The third kappa shape index (κ3) is 4.46. The third-order valence-corrected chi connectivity index (χ3v) is 5.08. The highest BCUT2D eigenvalue weighted by atomic mass is 16.6. The lowest BCUT2D eigenvalue weighted by molar-refractivity contribution is -0.384. The molecule has 7 nitrogen and oxygen atoms in total. The first kappa shape index (κ1) is 19.1. The van der Waals surface area contributed by atoms with Gasteiger partial charge < -0.3 is 0 Å². The molecule has 0 bridgehead atoms. The number of fused-ring (bicyclic) bond motifs is 1. The second-order valence-corrected chi connectivity index (χ2v) is 7.29. The molecule has 2 aromatic heterocycles. The predicted molar refractivity (Wildman–Crippen MR) is 110 cm³/mol. The van der Waals surface area contributed by atoms with Gasteiger partial charge in [0.25, 0.3) is 5.69 Å². The zero-order valence-electron chi connectivity index (χ0n) is 16.4. The van der Waals surface area contributed by atoms with E-state index in [1.165, 1.54) is 11.6 Å². The SMILES string of the molecule is CCCc1ncc2c(n1)CCN(Cc1cccc(-c3cccc([N+](=O)[O-])c3)n1)C2. The summed E-state index contributed by atoms with van der Waals surface area (Å²) in [6.45, 7) is 4.60. The van der Waals surface area contributed by atoms with Crippen LogP contribution in [0.2, 0.25) is 0 Å². The summed E-state index contributed by atoms with van der Waals surface area (Å²) in [7, 11) is 0. The molecule has 0 atom stereocenters. The van der Waals surface area contributed by atoms with Gasteiger partial charge in [-0.2, -0.15) is 0 Å². The molecule has 0 saturated heterocycles. The Hall–Kier alpha value is -3.19. The van der Waals surface area contributed by atoms with E-state index in [9.17, 15) is 10.1 Å². The molecular weight excluding hydrogens is 366 g/mol. The molecule has 0 saturated carbocycles. The number of aryl methyl sites for hydroxylation is 1. The van der Waals surface area contributed by atoms with E-state index < -0.39 is 0 Å². The van der Waals surface area contributed by atoms with E-state index in [0.29, 0.717) is 0 Å². The highest BCUT2D eigenvalue weighted by Crippen LogP contribution is 2.23. The predicted octanol–water partition coefficient (Wildman–Crippen LogP) is 3.96. The minimum Gasteiger partial charge on any atom is -0.293 e. The summed E-state index contributed by atoms with van der Waals surface area (Å²) in [5.41, 5.74) is 4.87. The van der Waals surface area contributed by atoms with Gasteiger partial charge in [-0.05, 0) is 18.6 Å². The summed E-state index contributed by atoms with van der Waals surface area (Å²) >= 11 is 0. The number of aromatic nitrogens is 3. The molecule has 0 N–H and O–H groups in total. The first-order chi connectivity index (χ1) is 14.1. The number of benzene rings is 1. The molecule has 0 amide bonds. The number of pyridine rings is 1. The van der Waals surface area contributed by atoms with Crippen LogP contribution in [0.1, 0.15) is 36.1 Å². The Morgan fingerprint density at radius 3 is 2.86 bits per heavy atom. The van der Waals surface area contributed by atoms with Gasteiger partial charge in [0, 0.05) is 67.6 Å². The van der Waals surface area contributed by atoms with E-state index in [2.05, 4.69) is 16.8 Å². The van der Waals surface area contributed by atoms with E-state index in [4.69, 9.17) is 9.97 Å². The fraction of sp³-hybridized carbons (Fsp3) is 0.318. The highest BCUT2D eigenvalue weighted by molar-refractivity contribution is 5.62. The summed E-state index contributed by atoms with van der Waals surface area (Å²) in [4.78, 5) is 26.9. The van der Waals surface area contributed by atoms with E-state index in [0.717, 1.165) is 67.4 Å². The molecule has 0 aliphatic carbocycles. The van der Waals surface area contributed by atoms with Crippen molar-refractivity contribution in [1.29, 1.82) is 0 Å². The van der Waals surface area contributed by atoms with Gasteiger partial charge in [0.2, 0.25) is 0 Å². The Morgan fingerprint density at radius 1 is 1.17 bits per heavy atom. The Labute approximate surface area is 169 Å². The number of nitrogens with zero attached hydrogens (tertiary/aromatic N) is 5. The molecule has 7 heteroatoms. The van der Waals surface area contributed by atoms with Crippen LogP contribution in [-0.2, 0) is 25.9 Å². The summed E-state index contributed by atoms with van der Waals surface area (Å²) < 4.78 is 0. The summed E-state index contributed by atoms with van der Waals surface area (Å²) in [5.74, 6) is 0.936. The minimum absolute atomic E-state index is 0.0739. The summed E-state index contributed by atoms with van der Waals surface area (Å²) in [6, 6.07) is 12.4. The van der Waals surface area contributed by atoms with Crippen molar-refractivity contribution >= 4 is 5.69 Å². The first-order valence-electron chi connectivity index (χ1n) is 9.89. The second kappa shape index (κ2) is 8.45. The topological polar surface area (TPSA) is 85.0 Å². The van der Waals surface area contributed by atoms with Gasteiger partial charge in [-0.1, -0.05) is 25.1 Å². The second-order valence-electron chi connectivity index (χ2n) is 7.29. The van der Waals surface area contributed by atoms with Crippen molar-refractivity contribution in [3.8, 4) is 11.3 Å². The molecule has 1 aliphatic heterocycles. The lowest BCUT2D eigenvalue weighted by Gasteiger charge is -2.27. The number of nitro benzene ring substituents is 1. The van der Waals surface area contributed by atoms with Crippen LogP contribution in [0.25, 0.3) is 11.3 Å². The van der Waals surface area contributed by atoms with E-state index in [1.54, 1.807) is 12.1 Å². The van der Waals surface area contributed by atoms with Crippen LogP contribution in [0.5, 0.6) is 0 Å². The molecule has 0 spiro atoms. The van der Waals surface area contributed by atoms with Gasteiger partial charge in [-0.3, -0.25) is 20.0 Å². The van der Waals surface area contributed by atoms with Crippen molar-refractivity contribution in [3.05, 3.63) is 81.6 Å². The van der Waals surface area contributed by atoms with Crippen LogP contribution in [0.15, 0.2) is 48.7 Å². The Balaban J connectivity index is 1.49. The average molecular weight is 389 g/mol. The van der Waals surface area contributed by atoms with Crippen molar-refractivity contribution in [2.24, 2.45) is 0 Å². The highest BCUT2D eigenvalue weighted by Gasteiger charge is 2.19. The number of hydrogen-bond acceptors (Lipinski definition) is 6. The van der Waals surface area contributed by atoms with Crippen LogP contribution in [-0.4, -0.2) is 31.3 Å². The minimum atomic E-state index is -0.382. The van der Waals surface area contributed by atoms with Crippen LogP contribution >= 0.6 is 0 Å². The van der Waals surface area contributed by atoms with Gasteiger partial charge in [-0.25, -0.2) is 9.97 Å². The van der Waals surface area contributed by atoms with Gasteiger partial charge >= 0.3 is 0 Å². The quantitative estimate of drug-likeness (QED) is 0.469. The van der Waals surface area contributed by atoms with E-state index >= 15 is 0 Å². The standard InChI is InChI=1S/C22H23N5O2/c1-2-5-22-23-13-17-14-26(11-10-21(17)25-22)15-18-7-4-9-20(24-18)16-6-3-8-19(12-16)27(28)29/h3-4,6-9,12-13H,2,5,10-11,14-15H2,1H3. The summed E-state index contributed by atoms with van der Waals surface area (Å²) in [6.07, 6.45) is 4.86.